The lowest BCUT2D eigenvalue weighted by Gasteiger charge is -2.34. The van der Waals surface area contributed by atoms with Crippen molar-refractivity contribution in [3.05, 3.63) is 143 Å². The Kier molecular flexibility index (Phi) is 7.50. The number of aliphatic imine (C=N–C) groups is 1. The van der Waals surface area contributed by atoms with Gasteiger partial charge in [-0.2, -0.15) is 0 Å². The molecule has 0 spiro atoms. The quantitative estimate of drug-likeness (QED) is 0.189. The smallest absolute Gasteiger partial charge is 0.138 e. The molecule has 1 saturated heterocycles. The molecule has 2 atom stereocenters. The summed E-state index contributed by atoms with van der Waals surface area (Å²) in [5.41, 5.74) is 15.5. The van der Waals surface area contributed by atoms with Gasteiger partial charge in [-0.05, 0) is 102 Å². The van der Waals surface area contributed by atoms with Crippen LogP contribution in [0.25, 0.3) is 39.6 Å². The summed E-state index contributed by atoms with van der Waals surface area (Å²) in [4.78, 5) is 18.6. The lowest BCUT2D eigenvalue weighted by molar-refractivity contribution is 0.313. The van der Waals surface area contributed by atoms with Gasteiger partial charge < -0.3 is 14.8 Å². The van der Waals surface area contributed by atoms with Gasteiger partial charge in [-0.25, -0.2) is 4.98 Å². The number of allylic oxidation sites excluding steroid dienone is 1. The van der Waals surface area contributed by atoms with Crippen molar-refractivity contribution in [2.45, 2.75) is 25.7 Å². The van der Waals surface area contributed by atoms with Gasteiger partial charge in [0, 0.05) is 43.9 Å². The van der Waals surface area contributed by atoms with Crippen LogP contribution in [0.2, 0.25) is 0 Å². The van der Waals surface area contributed by atoms with Gasteiger partial charge >= 0.3 is 0 Å². The lowest BCUT2D eigenvalue weighted by atomic mass is 9.98. The van der Waals surface area contributed by atoms with Gasteiger partial charge in [0.2, 0.25) is 0 Å². The summed E-state index contributed by atoms with van der Waals surface area (Å²) < 4.78 is 0. The predicted octanol–water partition coefficient (Wildman–Crippen LogP) is 9.45. The third-order valence-corrected chi connectivity index (χ3v) is 10.6. The molecule has 1 aliphatic carbocycles. The summed E-state index contributed by atoms with van der Waals surface area (Å²) >= 11 is 0. The molecule has 1 saturated carbocycles. The van der Waals surface area contributed by atoms with E-state index in [-0.39, 0.29) is 0 Å². The average Bonchev–Trinajstić information content (AvgIpc) is 3.58. The number of aromatic nitrogens is 2. The number of H-pyrrole nitrogens is 1. The molecule has 3 heterocycles. The summed E-state index contributed by atoms with van der Waals surface area (Å²) in [7, 11) is 2.20. The zero-order valence-electron chi connectivity index (χ0n) is 28.2. The average molecular weight is 640 g/mol. The van der Waals surface area contributed by atoms with E-state index in [0.29, 0.717) is 11.8 Å². The Bertz CT molecular complexity index is 2230. The summed E-state index contributed by atoms with van der Waals surface area (Å²) in [6.45, 7) is 6.50. The summed E-state index contributed by atoms with van der Waals surface area (Å²) in [5.74, 6) is 2.08. The summed E-state index contributed by atoms with van der Waals surface area (Å²) in [5, 5.41) is 0. The van der Waals surface area contributed by atoms with E-state index in [1.807, 2.05) is 0 Å². The molecule has 5 heteroatoms. The first-order valence-corrected chi connectivity index (χ1v) is 17.6. The van der Waals surface area contributed by atoms with Crippen LogP contribution in [0.5, 0.6) is 0 Å². The number of imidazole rings is 1. The Labute approximate surface area is 288 Å². The number of anilines is 1. The van der Waals surface area contributed by atoms with Crippen LogP contribution in [0.4, 0.5) is 11.4 Å². The Hall–Kier alpha value is -5.26. The van der Waals surface area contributed by atoms with Gasteiger partial charge in [-0.15, -0.1) is 0 Å². The first-order valence-electron chi connectivity index (χ1n) is 17.6. The molecule has 1 aromatic heterocycles. The van der Waals surface area contributed by atoms with Crippen molar-refractivity contribution in [1.29, 1.82) is 0 Å². The number of piperazine rings is 1. The van der Waals surface area contributed by atoms with Crippen molar-refractivity contribution >= 4 is 34.2 Å². The highest BCUT2D eigenvalue weighted by Gasteiger charge is 2.36. The van der Waals surface area contributed by atoms with Crippen LogP contribution in [-0.2, 0) is 6.42 Å². The number of nitrogens with zero attached hydrogens (tertiary/aromatic N) is 4. The minimum absolute atomic E-state index is 0.589. The van der Waals surface area contributed by atoms with Crippen LogP contribution >= 0.6 is 0 Å². The number of rotatable bonds is 7. The molecular formula is C44H41N5. The first-order chi connectivity index (χ1) is 24.0. The van der Waals surface area contributed by atoms with E-state index >= 15 is 0 Å². The predicted molar refractivity (Wildman–Crippen MR) is 204 cm³/mol. The fraction of sp³-hybridized carbons (Fsp3) is 0.227. The summed E-state index contributed by atoms with van der Waals surface area (Å²) in [6, 6.07) is 39.9. The normalized spacial score (nSPS) is 19.1. The van der Waals surface area contributed by atoms with E-state index in [1.165, 1.54) is 45.5 Å². The number of likely N-dealkylation sites (N-methyl/N-ethyl adjacent to an activating group) is 1. The van der Waals surface area contributed by atoms with Crippen molar-refractivity contribution in [1.82, 2.24) is 14.9 Å². The molecule has 2 unspecified atom stereocenters. The first kappa shape index (κ1) is 29.8. The van der Waals surface area contributed by atoms with Gasteiger partial charge in [0.25, 0.3) is 0 Å². The van der Waals surface area contributed by atoms with Crippen molar-refractivity contribution in [3.63, 3.8) is 0 Å². The van der Waals surface area contributed by atoms with E-state index in [4.69, 9.17) is 9.98 Å². The van der Waals surface area contributed by atoms with Crippen molar-refractivity contribution in [2.75, 3.05) is 38.1 Å². The molecule has 1 N–H and O–H groups in total. The fourth-order valence-corrected chi connectivity index (χ4v) is 7.46. The zero-order chi connectivity index (χ0) is 32.9. The number of hydrogen-bond donors (Lipinski definition) is 1. The number of aryl methyl sites for hydroxylation is 1. The third-order valence-electron chi connectivity index (χ3n) is 10.6. The van der Waals surface area contributed by atoms with Gasteiger partial charge in [-0.3, -0.25) is 4.99 Å². The van der Waals surface area contributed by atoms with Gasteiger partial charge in [0.05, 0.1) is 22.4 Å². The number of aromatic amines is 1. The highest BCUT2D eigenvalue weighted by Crippen LogP contribution is 2.49. The maximum Gasteiger partial charge on any atom is 0.138 e. The number of benzene rings is 5. The Morgan fingerprint density at radius 2 is 1.55 bits per heavy atom. The SMILES string of the molecule is Cc1ccc(/C=C/C2CC2c2cccc(-c3cccc(-c4nc5ccc(C6=Nc7ccc(N8CCN(C)CC8)cc7C6)cc5[nH]4)c3)c2)cc1. The molecule has 5 nitrogen and oxygen atoms in total. The third kappa shape index (κ3) is 6.11. The topological polar surface area (TPSA) is 47.5 Å². The molecule has 49 heavy (non-hydrogen) atoms. The minimum Gasteiger partial charge on any atom is -0.369 e. The monoisotopic (exact) mass is 639 g/mol. The van der Waals surface area contributed by atoms with E-state index in [9.17, 15) is 0 Å². The number of nitrogens with one attached hydrogen (secondary N) is 1. The second-order valence-electron chi connectivity index (χ2n) is 14.1. The largest absolute Gasteiger partial charge is 0.369 e. The molecule has 242 valence electrons. The molecule has 5 aromatic carbocycles. The highest BCUT2D eigenvalue weighted by atomic mass is 15.2. The van der Waals surface area contributed by atoms with Crippen LogP contribution < -0.4 is 4.90 Å². The molecule has 0 bridgehead atoms. The Balaban J connectivity index is 0.908. The molecule has 0 amide bonds. The second kappa shape index (κ2) is 12.3. The van der Waals surface area contributed by atoms with E-state index in [1.54, 1.807) is 0 Å². The molecule has 2 aliphatic heterocycles. The maximum absolute atomic E-state index is 5.04. The number of fused-ring (bicyclic) bond motifs is 2. The van der Waals surface area contributed by atoms with Crippen LogP contribution in [-0.4, -0.2) is 53.8 Å². The van der Waals surface area contributed by atoms with Crippen LogP contribution in [0.3, 0.4) is 0 Å². The Morgan fingerprint density at radius 3 is 2.41 bits per heavy atom. The molecule has 0 radical (unpaired) electrons. The van der Waals surface area contributed by atoms with Gasteiger partial charge in [-0.1, -0.05) is 90.5 Å². The second-order valence-corrected chi connectivity index (χ2v) is 14.1. The van der Waals surface area contributed by atoms with Crippen LogP contribution in [0.1, 0.15) is 40.2 Å². The van der Waals surface area contributed by atoms with E-state index in [0.717, 1.165) is 72.0 Å². The zero-order valence-corrected chi connectivity index (χ0v) is 28.2. The molecule has 9 rings (SSSR count). The maximum atomic E-state index is 5.04. The molecule has 2 fully saturated rings. The van der Waals surface area contributed by atoms with Crippen LogP contribution in [0, 0.1) is 12.8 Å². The van der Waals surface area contributed by atoms with Crippen molar-refractivity contribution in [3.8, 4) is 22.5 Å². The number of hydrogen-bond acceptors (Lipinski definition) is 4. The Morgan fingerprint density at radius 1 is 0.755 bits per heavy atom. The van der Waals surface area contributed by atoms with Crippen molar-refractivity contribution < 1.29 is 0 Å². The standard InChI is InChI=1S/C44H41N5/c1-29-9-11-30(12-10-29)13-14-34-26-39(34)33-7-3-5-31(23-33)32-6-4-8-36(24-32)44-46-41-17-15-35(27-43(41)47-44)42-28-37-25-38(16-18-40(37)45-42)49-21-19-48(2)20-22-49/h3-18,23-25,27,34,39H,19-22,26,28H2,1-2H3,(H,46,47)/b14-13+. The van der Waals surface area contributed by atoms with Gasteiger partial charge in [0.15, 0.2) is 0 Å². The van der Waals surface area contributed by atoms with Crippen molar-refractivity contribution in [2.24, 2.45) is 10.9 Å². The van der Waals surface area contributed by atoms with Gasteiger partial charge in [0.1, 0.15) is 5.82 Å². The lowest BCUT2D eigenvalue weighted by Crippen LogP contribution is -2.44. The molecule has 6 aromatic rings. The minimum atomic E-state index is 0.589. The fourth-order valence-electron chi connectivity index (χ4n) is 7.46. The molecule has 3 aliphatic rings. The van der Waals surface area contributed by atoms with E-state index in [2.05, 4.69) is 150 Å². The highest BCUT2D eigenvalue weighted by molar-refractivity contribution is 6.08. The molecular weight excluding hydrogens is 599 g/mol. The van der Waals surface area contributed by atoms with E-state index < -0.39 is 0 Å². The summed E-state index contributed by atoms with van der Waals surface area (Å²) in [6.07, 6.45) is 6.73. The van der Waals surface area contributed by atoms with Crippen LogP contribution in [0.15, 0.2) is 120 Å².